The number of hydrogen-bond acceptors (Lipinski definition) is 5. The fourth-order valence-corrected chi connectivity index (χ4v) is 7.29. The standard InChI is InChI=1S/C46H27N5O/c47-28-29-11-8-14-32(25-29)45-48-44(30-12-2-1-3-13-30)49-46(50-45)33-15-9-16-34(26-33)51-39-20-6-4-17-36(39)37-24-23-31(27-40(37)51)35-19-10-22-42-43(35)38-18-5-7-21-41(38)52-42/h1-27H. The lowest BCUT2D eigenvalue weighted by atomic mass is 9.98. The van der Waals surface area contributed by atoms with Gasteiger partial charge in [-0.1, -0.05) is 115 Å². The fraction of sp³-hybridized carbons (Fsp3) is 0. The number of nitrogens with zero attached hydrogens (tertiary/aromatic N) is 5. The van der Waals surface area contributed by atoms with Crippen molar-refractivity contribution >= 4 is 43.7 Å². The monoisotopic (exact) mass is 665 g/mol. The lowest BCUT2D eigenvalue weighted by Gasteiger charge is -2.12. The minimum atomic E-state index is 0.508. The van der Waals surface area contributed by atoms with Gasteiger partial charge in [0.1, 0.15) is 11.2 Å². The number of hydrogen-bond donors (Lipinski definition) is 0. The summed E-state index contributed by atoms with van der Waals surface area (Å²) in [4.78, 5) is 14.8. The molecule has 10 rings (SSSR count). The molecule has 0 radical (unpaired) electrons. The van der Waals surface area contributed by atoms with Gasteiger partial charge in [-0.25, -0.2) is 15.0 Å². The minimum Gasteiger partial charge on any atom is -0.456 e. The highest BCUT2D eigenvalue weighted by Crippen LogP contribution is 2.40. The van der Waals surface area contributed by atoms with Crippen LogP contribution in [-0.4, -0.2) is 19.5 Å². The third-order valence-electron chi connectivity index (χ3n) is 9.67. The average molecular weight is 666 g/mol. The molecule has 6 nitrogen and oxygen atoms in total. The molecule has 3 aromatic heterocycles. The normalized spacial score (nSPS) is 11.4. The lowest BCUT2D eigenvalue weighted by Crippen LogP contribution is -2.01. The van der Waals surface area contributed by atoms with Crippen LogP contribution in [0.3, 0.4) is 0 Å². The smallest absolute Gasteiger partial charge is 0.164 e. The average Bonchev–Trinajstić information content (AvgIpc) is 3.77. The number of rotatable bonds is 5. The zero-order valence-electron chi connectivity index (χ0n) is 27.7. The van der Waals surface area contributed by atoms with Crippen molar-refractivity contribution in [2.24, 2.45) is 0 Å². The van der Waals surface area contributed by atoms with Crippen LogP contribution in [0.15, 0.2) is 168 Å². The van der Waals surface area contributed by atoms with Crippen molar-refractivity contribution in [3.63, 3.8) is 0 Å². The van der Waals surface area contributed by atoms with Gasteiger partial charge in [-0.3, -0.25) is 0 Å². The molecule has 7 aromatic carbocycles. The molecule has 0 bridgehead atoms. The first-order valence-electron chi connectivity index (χ1n) is 17.1. The topological polar surface area (TPSA) is 80.5 Å². The molecule has 0 N–H and O–H groups in total. The Bertz CT molecular complexity index is 3040. The van der Waals surface area contributed by atoms with Crippen molar-refractivity contribution in [2.75, 3.05) is 0 Å². The van der Waals surface area contributed by atoms with E-state index >= 15 is 0 Å². The van der Waals surface area contributed by atoms with Crippen LogP contribution in [0.4, 0.5) is 0 Å². The van der Waals surface area contributed by atoms with Gasteiger partial charge in [0, 0.05) is 43.9 Å². The molecular formula is C46H27N5O. The highest BCUT2D eigenvalue weighted by Gasteiger charge is 2.18. The molecule has 3 heterocycles. The van der Waals surface area contributed by atoms with Crippen molar-refractivity contribution in [2.45, 2.75) is 0 Å². The van der Waals surface area contributed by atoms with Crippen molar-refractivity contribution in [3.05, 3.63) is 169 Å². The SMILES string of the molecule is N#Cc1cccc(-c2nc(-c3ccccc3)nc(-c3cccc(-n4c5ccccc5c5ccc(-c6cccc7oc8ccccc8c67)cc54)c3)n2)c1. The van der Waals surface area contributed by atoms with Gasteiger partial charge in [-0.05, 0) is 59.7 Å². The summed E-state index contributed by atoms with van der Waals surface area (Å²) in [7, 11) is 0. The van der Waals surface area contributed by atoms with Crippen LogP contribution in [0.5, 0.6) is 0 Å². The quantitative estimate of drug-likeness (QED) is 0.183. The Morgan fingerprint density at radius 1 is 0.462 bits per heavy atom. The van der Waals surface area contributed by atoms with E-state index in [1.54, 1.807) is 6.07 Å². The molecule has 0 aliphatic rings. The number of furan rings is 1. The van der Waals surface area contributed by atoms with E-state index in [1.165, 1.54) is 10.8 Å². The van der Waals surface area contributed by atoms with Crippen LogP contribution < -0.4 is 0 Å². The molecule has 52 heavy (non-hydrogen) atoms. The molecule has 0 saturated carbocycles. The first-order valence-corrected chi connectivity index (χ1v) is 17.1. The zero-order valence-corrected chi connectivity index (χ0v) is 27.7. The third-order valence-corrected chi connectivity index (χ3v) is 9.67. The zero-order chi connectivity index (χ0) is 34.6. The van der Waals surface area contributed by atoms with Crippen LogP contribution in [0.1, 0.15) is 5.56 Å². The van der Waals surface area contributed by atoms with Gasteiger partial charge < -0.3 is 8.98 Å². The summed E-state index contributed by atoms with van der Waals surface area (Å²) in [6.45, 7) is 0. The van der Waals surface area contributed by atoms with E-state index in [1.807, 2.05) is 72.8 Å². The van der Waals surface area contributed by atoms with Crippen LogP contribution in [-0.2, 0) is 0 Å². The summed E-state index contributed by atoms with van der Waals surface area (Å²) in [5.41, 5.74) is 10.2. The predicted octanol–water partition coefficient (Wildman–Crippen LogP) is 11.4. The molecule has 0 aliphatic heterocycles. The van der Waals surface area contributed by atoms with Crippen molar-refractivity contribution in [3.8, 4) is 57.0 Å². The first kappa shape index (κ1) is 29.5. The van der Waals surface area contributed by atoms with Crippen LogP contribution in [0, 0.1) is 11.3 Å². The third kappa shape index (κ3) is 4.84. The van der Waals surface area contributed by atoms with Gasteiger partial charge in [0.15, 0.2) is 17.5 Å². The lowest BCUT2D eigenvalue weighted by molar-refractivity contribution is 0.669. The Kier molecular flexibility index (Phi) is 6.76. The van der Waals surface area contributed by atoms with E-state index in [0.29, 0.717) is 23.0 Å². The van der Waals surface area contributed by atoms with Crippen LogP contribution >= 0.6 is 0 Å². The maximum absolute atomic E-state index is 9.60. The number of fused-ring (bicyclic) bond motifs is 6. The van der Waals surface area contributed by atoms with Gasteiger partial charge in [0.2, 0.25) is 0 Å². The van der Waals surface area contributed by atoms with Crippen LogP contribution in [0.2, 0.25) is 0 Å². The first-order chi connectivity index (χ1) is 25.7. The highest BCUT2D eigenvalue weighted by molar-refractivity contribution is 6.14. The summed E-state index contributed by atoms with van der Waals surface area (Å²) in [5.74, 6) is 1.62. The molecule has 0 atom stereocenters. The number of benzene rings is 7. The predicted molar refractivity (Wildman–Crippen MR) is 208 cm³/mol. The van der Waals surface area contributed by atoms with Crippen molar-refractivity contribution in [1.82, 2.24) is 19.5 Å². The molecule has 242 valence electrons. The maximum atomic E-state index is 9.60. The van der Waals surface area contributed by atoms with Gasteiger partial charge >= 0.3 is 0 Å². The van der Waals surface area contributed by atoms with Crippen LogP contribution in [0.25, 0.3) is 94.7 Å². The molecule has 0 amide bonds. The Labute approximate surface area is 298 Å². The molecule has 0 fully saturated rings. The fourth-order valence-electron chi connectivity index (χ4n) is 7.29. The van der Waals surface area contributed by atoms with E-state index in [0.717, 1.165) is 66.5 Å². The van der Waals surface area contributed by atoms with Crippen molar-refractivity contribution in [1.29, 1.82) is 5.26 Å². The van der Waals surface area contributed by atoms with E-state index in [2.05, 4.69) is 95.6 Å². The Morgan fingerprint density at radius 2 is 1.10 bits per heavy atom. The summed E-state index contributed by atoms with van der Waals surface area (Å²) in [5, 5.41) is 14.2. The van der Waals surface area contributed by atoms with Gasteiger partial charge in [-0.15, -0.1) is 0 Å². The van der Waals surface area contributed by atoms with E-state index in [9.17, 15) is 5.26 Å². The molecule has 6 heteroatoms. The molecule has 0 spiro atoms. The molecule has 0 saturated heterocycles. The van der Waals surface area contributed by atoms with E-state index < -0.39 is 0 Å². The van der Waals surface area contributed by atoms with E-state index in [4.69, 9.17) is 19.4 Å². The maximum Gasteiger partial charge on any atom is 0.164 e. The number of para-hydroxylation sites is 2. The minimum absolute atomic E-state index is 0.508. The Balaban J connectivity index is 1.17. The second-order valence-electron chi connectivity index (χ2n) is 12.8. The summed E-state index contributed by atoms with van der Waals surface area (Å²) < 4.78 is 8.57. The molecule has 10 aromatic rings. The van der Waals surface area contributed by atoms with Crippen molar-refractivity contribution < 1.29 is 4.42 Å². The highest BCUT2D eigenvalue weighted by atomic mass is 16.3. The van der Waals surface area contributed by atoms with Gasteiger partial charge in [-0.2, -0.15) is 5.26 Å². The van der Waals surface area contributed by atoms with Gasteiger partial charge in [0.25, 0.3) is 0 Å². The second kappa shape index (κ2) is 11.9. The summed E-state index contributed by atoms with van der Waals surface area (Å²) >= 11 is 0. The van der Waals surface area contributed by atoms with E-state index in [-0.39, 0.29) is 0 Å². The summed E-state index contributed by atoms with van der Waals surface area (Å²) in [6.07, 6.45) is 0. The van der Waals surface area contributed by atoms with Gasteiger partial charge in [0.05, 0.1) is 22.7 Å². The Hall–Kier alpha value is -7.36. The molecule has 0 unspecified atom stereocenters. The largest absolute Gasteiger partial charge is 0.456 e. The Morgan fingerprint density at radius 3 is 1.92 bits per heavy atom. The number of aromatic nitrogens is 4. The second-order valence-corrected chi connectivity index (χ2v) is 12.8. The molecular weight excluding hydrogens is 639 g/mol. The molecule has 0 aliphatic carbocycles. The summed E-state index contributed by atoms with van der Waals surface area (Å²) in [6, 6.07) is 57.6. The number of nitriles is 1.